The van der Waals surface area contributed by atoms with Gasteiger partial charge in [0.2, 0.25) is 0 Å². The predicted molar refractivity (Wildman–Crippen MR) is 169 cm³/mol. The highest BCUT2D eigenvalue weighted by Crippen LogP contribution is 2.39. The molecule has 2 fully saturated rings. The molecule has 0 spiro atoms. The van der Waals surface area contributed by atoms with Gasteiger partial charge in [0.25, 0.3) is 11.8 Å². The number of carbonyl (C=O) groups excluding carboxylic acids is 2. The maximum Gasteiger partial charge on any atom is 0.256 e. The van der Waals surface area contributed by atoms with E-state index in [1.165, 1.54) is 12.8 Å². The van der Waals surface area contributed by atoms with Gasteiger partial charge in [-0.1, -0.05) is 29.3 Å². The SMILES string of the molecule is Cc1[nH]c(/C=C2\C(=O)Nc3ccc(SCc4c(Cl)cccc4Cl)cc32)c(C)c1C(=O)N1CCC[C@@H]1CN1CCCC1. The summed E-state index contributed by atoms with van der Waals surface area (Å²) < 4.78 is 0. The molecule has 0 saturated carbocycles. The molecule has 9 heteroatoms. The van der Waals surface area contributed by atoms with Gasteiger partial charge in [-0.2, -0.15) is 0 Å². The molecule has 41 heavy (non-hydrogen) atoms. The zero-order chi connectivity index (χ0) is 28.7. The maximum atomic E-state index is 13.8. The van der Waals surface area contributed by atoms with Crippen molar-refractivity contribution in [2.24, 2.45) is 0 Å². The molecule has 214 valence electrons. The molecule has 2 aromatic carbocycles. The molecule has 0 aliphatic carbocycles. The second-order valence-electron chi connectivity index (χ2n) is 11.2. The van der Waals surface area contributed by atoms with Gasteiger partial charge in [-0.15, -0.1) is 11.8 Å². The molecule has 3 aromatic rings. The van der Waals surface area contributed by atoms with Crippen LogP contribution < -0.4 is 5.32 Å². The van der Waals surface area contributed by atoms with Crippen molar-refractivity contribution in [2.45, 2.75) is 56.2 Å². The van der Waals surface area contributed by atoms with Gasteiger partial charge in [0.1, 0.15) is 0 Å². The van der Waals surface area contributed by atoms with Crippen molar-refractivity contribution in [2.75, 3.05) is 31.5 Å². The Kier molecular flexibility index (Phi) is 8.23. The Morgan fingerprint density at radius 3 is 2.59 bits per heavy atom. The van der Waals surface area contributed by atoms with Crippen molar-refractivity contribution in [3.8, 4) is 0 Å². The molecule has 6 rings (SSSR count). The number of nitrogens with one attached hydrogen (secondary N) is 2. The van der Waals surface area contributed by atoms with Crippen LogP contribution in [0.1, 0.15) is 64.1 Å². The number of likely N-dealkylation sites (tertiary alicyclic amines) is 2. The first-order valence-electron chi connectivity index (χ1n) is 14.3. The smallest absolute Gasteiger partial charge is 0.256 e. The van der Waals surface area contributed by atoms with Crippen molar-refractivity contribution in [1.82, 2.24) is 14.8 Å². The standard InChI is InChI=1S/C32H34Cl2N4O2S/c1-19-29(35-20(2)30(19)32(40)38-14-6-7-21(38)17-37-12-3-4-13-37)16-24-23-15-22(10-11-28(23)36-31(24)39)41-18-25-26(33)8-5-9-27(25)34/h5,8-11,15-16,21,35H,3-4,6-7,12-14,17-18H2,1-2H3,(H,36,39)/b24-16-/t21-/m1/s1. The minimum Gasteiger partial charge on any atom is -0.358 e. The maximum absolute atomic E-state index is 13.8. The number of H-pyrrole nitrogens is 1. The van der Waals surface area contributed by atoms with Crippen molar-refractivity contribution < 1.29 is 9.59 Å². The van der Waals surface area contributed by atoms with Crippen LogP contribution in [-0.2, 0) is 10.5 Å². The van der Waals surface area contributed by atoms with E-state index in [9.17, 15) is 9.59 Å². The molecule has 3 aliphatic heterocycles. The highest BCUT2D eigenvalue weighted by molar-refractivity contribution is 7.98. The largest absolute Gasteiger partial charge is 0.358 e. The minimum atomic E-state index is -0.152. The summed E-state index contributed by atoms with van der Waals surface area (Å²) in [5, 5.41) is 4.27. The third-order valence-corrected chi connectivity index (χ3v) is 10.2. The number of rotatable bonds is 7. The highest BCUT2D eigenvalue weighted by Gasteiger charge is 2.34. The molecule has 0 unspecified atom stereocenters. The van der Waals surface area contributed by atoms with Crippen molar-refractivity contribution in [3.63, 3.8) is 0 Å². The first-order valence-corrected chi connectivity index (χ1v) is 16.0. The lowest BCUT2D eigenvalue weighted by molar-refractivity contribution is -0.110. The van der Waals surface area contributed by atoms with Crippen LogP contribution in [0.3, 0.4) is 0 Å². The Morgan fingerprint density at radius 2 is 1.83 bits per heavy atom. The molecule has 1 atom stereocenters. The van der Waals surface area contributed by atoms with Crippen LogP contribution in [0.2, 0.25) is 10.0 Å². The number of thioether (sulfide) groups is 1. The van der Waals surface area contributed by atoms with E-state index in [0.29, 0.717) is 21.4 Å². The first kappa shape index (κ1) is 28.4. The summed E-state index contributed by atoms with van der Waals surface area (Å²) in [7, 11) is 0. The van der Waals surface area contributed by atoms with Crippen LogP contribution >= 0.6 is 35.0 Å². The lowest BCUT2D eigenvalue weighted by Gasteiger charge is -2.28. The van der Waals surface area contributed by atoms with Gasteiger partial charge in [-0.05, 0) is 100 Å². The summed E-state index contributed by atoms with van der Waals surface area (Å²) in [6.07, 6.45) is 6.49. The summed E-state index contributed by atoms with van der Waals surface area (Å²) in [4.78, 5) is 35.9. The van der Waals surface area contributed by atoms with Crippen molar-refractivity contribution in [1.29, 1.82) is 0 Å². The highest BCUT2D eigenvalue weighted by atomic mass is 35.5. The second kappa shape index (κ2) is 11.9. The third kappa shape index (κ3) is 5.70. The van der Waals surface area contributed by atoms with E-state index in [0.717, 1.165) is 83.2 Å². The Labute approximate surface area is 255 Å². The fourth-order valence-corrected chi connectivity index (χ4v) is 7.99. The summed E-state index contributed by atoms with van der Waals surface area (Å²) >= 11 is 14.4. The van der Waals surface area contributed by atoms with Crippen LogP contribution in [0.5, 0.6) is 0 Å². The monoisotopic (exact) mass is 608 g/mol. The number of aromatic amines is 1. The molecule has 2 saturated heterocycles. The fraction of sp³-hybridized carbons (Fsp3) is 0.375. The number of nitrogens with zero attached hydrogens (tertiary/aromatic N) is 2. The number of fused-ring (bicyclic) bond motifs is 1. The first-order chi connectivity index (χ1) is 19.8. The number of aromatic nitrogens is 1. The zero-order valence-corrected chi connectivity index (χ0v) is 25.7. The normalized spacial score (nSPS) is 19.8. The number of carbonyl (C=O) groups is 2. The molecule has 0 bridgehead atoms. The summed E-state index contributed by atoms with van der Waals surface area (Å²) in [5.74, 6) is 0.560. The Bertz CT molecular complexity index is 1520. The molecule has 2 amide bonds. The number of benzene rings is 2. The van der Waals surface area contributed by atoms with Crippen LogP contribution in [-0.4, -0.2) is 58.8 Å². The van der Waals surface area contributed by atoms with Crippen molar-refractivity contribution >= 4 is 64.1 Å². The average molecular weight is 610 g/mol. The van der Waals surface area contributed by atoms with Crippen LogP contribution in [0.4, 0.5) is 5.69 Å². The number of amides is 2. The fourth-order valence-electron chi connectivity index (χ4n) is 6.31. The van der Waals surface area contributed by atoms with Gasteiger partial charge in [-0.3, -0.25) is 9.59 Å². The van der Waals surface area contributed by atoms with E-state index >= 15 is 0 Å². The van der Waals surface area contributed by atoms with Gasteiger partial charge in [-0.25, -0.2) is 0 Å². The van der Waals surface area contributed by atoms with Gasteiger partial charge in [0.05, 0.1) is 11.1 Å². The van der Waals surface area contributed by atoms with E-state index < -0.39 is 0 Å². The van der Waals surface area contributed by atoms with E-state index in [4.69, 9.17) is 23.2 Å². The Balaban J connectivity index is 1.24. The second-order valence-corrected chi connectivity index (χ2v) is 13.0. The molecule has 2 N–H and O–H groups in total. The minimum absolute atomic E-state index is 0.0933. The summed E-state index contributed by atoms with van der Waals surface area (Å²) in [5.41, 5.74) is 6.33. The molecular weight excluding hydrogens is 575 g/mol. The van der Waals surface area contributed by atoms with Crippen LogP contribution in [0, 0.1) is 13.8 Å². The molecule has 6 nitrogen and oxygen atoms in total. The number of aryl methyl sites for hydroxylation is 1. The molecule has 3 aliphatic rings. The van der Waals surface area contributed by atoms with E-state index in [-0.39, 0.29) is 17.9 Å². The number of hydrogen-bond acceptors (Lipinski definition) is 4. The molecule has 1 aromatic heterocycles. The number of hydrogen-bond donors (Lipinski definition) is 2. The summed E-state index contributed by atoms with van der Waals surface area (Å²) in [6.45, 7) is 7.96. The summed E-state index contributed by atoms with van der Waals surface area (Å²) in [6, 6.07) is 11.7. The topological polar surface area (TPSA) is 68.4 Å². The van der Waals surface area contributed by atoms with Crippen LogP contribution in [0.15, 0.2) is 41.3 Å². The van der Waals surface area contributed by atoms with Crippen molar-refractivity contribution in [3.05, 3.63) is 80.1 Å². The van der Waals surface area contributed by atoms with E-state index in [1.807, 2.05) is 56.3 Å². The van der Waals surface area contributed by atoms with Gasteiger partial charge in [0, 0.05) is 62.5 Å². The molecule has 4 heterocycles. The van der Waals surface area contributed by atoms with Crippen LogP contribution in [0.25, 0.3) is 11.6 Å². The lowest BCUT2D eigenvalue weighted by atomic mass is 10.0. The Hall–Kier alpha value is -2.71. The quantitative estimate of drug-likeness (QED) is 0.216. The number of anilines is 1. The predicted octanol–water partition coefficient (Wildman–Crippen LogP) is 7.42. The lowest BCUT2D eigenvalue weighted by Crippen LogP contribution is -2.42. The number of halogens is 2. The average Bonchev–Trinajstić information content (AvgIpc) is 3.73. The Morgan fingerprint density at radius 1 is 1.07 bits per heavy atom. The third-order valence-electron chi connectivity index (χ3n) is 8.50. The van der Waals surface area contributed by atoms with Gasteiger partial charge < -0.3 is 20.1 Å². The molecular formula is C32H34Cl2N4O2S. The van der Waals surface area contributed by atoms with E-state index in [2.05, 4.69) is 20.1 Å². The molecule has 0 radical (unpaired) electrons. The van der Waals surface area contributed by atoms with Gasteiger partial charge in [0.15, 0.2) is 0 Å². The zero-order valence-electron chi connectivity index (χ0n) is 23.4. The van der Waals surface area contributed by atoms with Gasteiger partial charge >= 0.3 is 0 Å². The van der Waals surface area contributed by atoms with E-state index in [1.54, 1.807) is 11.8 Å².